The Morgan fingerprint density at radius 2 is 1.80 bits per heavy atom. The zero-order chi connectivity index (χ0) is 12.1. The first kappa shape index (κ1) is 13.8. The van der Waals surface area contributed by atoms with Gasteiger partial charge < -0.3 is 9.47 Å². The minimum atomic E-state index is -4.34. The number of carbonyl (C=O) groups is 2. The molecule has 1 unspecified atom stereocenters. The molecule has 0 fully saturated rings. The van der Waals surface area contributed by atoms with Crippen molar-refractivity contribution in [2.24, 2.45) is 5.92 Å². The third-order valence-electron chi connectivity index (χ3n) is 1.59. The zero-order valence-corrected chi connectivity index (χ0v) is 9.11. The highest BCUT2D eigenvalue weighted by Crippen LogP contribution is 2.09. The van der Waals surface area contributed by atoms with E-state index in [2.05, 4.69) is 9.47 Å². The van der Waals surface area contributed by atoms with Gasteiger partial charge in [0.15, 0.2) is 0 Å². The minimum Gasteiger partial charge on any atom is -0.469 e. The third-order valence-corrected chi connectivity index (χ3v) is 2.41. The molecule has 1 atom stereocenters. The molecule has 0 saturated carbocycles. The van der Waals surface area contributed by atoms with E-state index in [-0.39, 0.29) is 0 Å². The summed E-state index contributed by atoms with van der Waals surface area (Å²) in [6.45, 7) is 0. The molecule has 7 nitrogen and oxygen atoms in total. The van der Waals surface area contributed by atoms with Crippen LogP contribution < -0.4 is 0 Å². The van der Waals surface area contributed by atoms with Crippen molar-refractivity contribution in [2.75, 3.05) is 20.0 Å². The molecule has 8 heteroatoms. The number of hydrogen-bond acceptors (Lipinski definition) is 6. The molecule has 0 aliphatic carbocycles. The van der Waals surface area contributed by atoms with Gasteiger partial charge >= 0.3 is 11.9 Å². The number of ether oxygens (including phenoxy) is 2. The van der Waals surface area contributed by atoms with Crippen molar-refractivity contribution in [3.05, 3.63) is 0 Å². The van der Waals surface area contributed by atoms with Gasteiger partial charge in [0.1, 0.15) is 0 Å². The quantitative estimate of drug-likeness (QED) is 0.496. The van der Waals surface area contributed by atoms with Gasteiger partial charge in [0, 0.05) is 0 Å². The predicted molar refractivity (Wildman–Crippen MR) is 48.6 cm³/mol. The SMILES string of the molecule is COC(=O)CC(CS(=O)(=O)O)C(=O)OC. The molecule has 1 N–H and O–H groups in total. The summed E-state index contributed by atoms with van der Waals surface area (Å²) in [6, 6.07) is 0. The maximum atomic E-state index is 11.0. The van der Waals surface area contributed by atoms with Crippen LogP contribution >= 0.6 is 0 Å². The number of esters is 2. The van der Waals surface area contributed by atoms with Crippen molar-refractivity contribution >= 4 is 22.1 Å². The molecule has 15 heavy (non-hydrogen) atoms. The molecular formula is C7H12O7S. The average molecular weight is 240 g/mol. The Kier molecular flexibility index (Phi) is 5.23. The lowest BCUT2D eigenvalue weighted by Crippen LogP contribution is -2.27. The van der Waals surface area contributed by atoms with Crippen LogP contribution in [0.25, 0.3) is 0 Å². The summed E-state index contributed by atoms with van der Waals surface area (Å²) in [5.41, 5.74) is 0. The van der Waals surface area contributed by atoms with Crippen molar-refractivity contribution < 1.29 is 32.0 Å². The molecule has 0 amide bonds. The Balaban J connectivity index is 4.60. The van der Waals surface area contributed by atoms with E-state index in [9.17, 15) is 18.0 Å². The van der Waals surface area contributed by atoms with Crippen molar-refractivity contribution in [3.63, 3.8) is 0 Å². The number of carbonyl (C=O) groups excluding carboxylic acids is 2. The van der Waals surface area contributed by atoms with Crippen LogP contribution in [-0.4, -0.2) is 44.9 Å². The van der Waals surface area contributed by atoms with Crippen molar-refractivity contribution in [1.29, 1.82) is 0 Å². The summed E-state index contributed by atoms with van der Waals surface area (Å²) in [4.78, 5) is 21.9. The van der Waals surface area contributed by atoms with Crippen LogP contribution in [0.1, 0.15) is 6.42 Å². The second-order valence-corrected chi connectivity index (χ2v) is 4.25. The highest BCUT2D eigenvalue weighted by atomic mass is 32.2. The lowest BCUT2D eigenvalue weighted by Gasteiger charge is -2.10. The summed E-state index contributed by atoms with van der Waals surface area (Å²) in [5.74, 6) is -3.76. The second-order valence-electron chi connectivity index (χ2n) is 2.75. The molecule has 0 radical (unpaired) electrons. The first-order valence-corrected chi connectivity index (χ1v) is 5.51. The van der Waals surface area contributed by atoms with E-state index >= 15 is 0 Å². The summed E-state index contributed by atoms with van der Waals surface area (Å²) >= 11 is 0. The molecule has 0 saturated heterocycles. The summed E-state index contributed by atoms with van der Waals surface area (Å²) in [7, 11) is -2.19. The smallest absolute Gasteiger partial charge is 0.310 e. The van der Waals surface area contributed by atoms with E-state index in [0.29, 0.717) is 0 Å². The molecule has 0 aromatic carbocycles. The van der Waals surface area contributed by atoms with Gasteiger partial charge in [-0.1, -0.05) is 0 Å². The van der Waals surface area contributed by atoms with E-state index < -0.39 is 40.1 Å². The molecule has 0 aliphatic rings. The topological polar surface area (TPSA) is 107 Å². The first-order valence-electron chi connectivity index (χ1n) is 3.90. The highest BCUT2D eigenvalue weighted by molar-refractivity contribution is 7.85. The Morgan fingerprint density at radius 3 is 2.13 bits per heavy atom. The summed E-state index contributed by atoms with van der Waals surface area (Å²) < 4.78 is 38.1. The predicted octanol–water partition coefficient (Wildman–Crippen LogP) is -0.773. The van der Waals surface area contributed by atoms with Crippen LogP contribution in [-0.2, 0) is 29.2 Å². The van der Waals surface area contributed by atoms with Gasteiger partial charge in [-0.3, -0.25) is 14.1 Å². The average Bonchev–Trinajstić information content (AvgIpc) is 2.13. The Hall–Kier alpha value is -1.15. The van der Waals surface area contributed by atoms with E-state index in [0.717, 1.165) is 14.2 Å². The standard InChI is InChI=1S/C7H12O7S/c1-13-6(8)3-5(7(9)14-2)4-15(10,11)12/h5H,3-4H2,1-2H3,(H,10,11,12). The second kappa shape index (κ2) is 5.66. The molecule has 0 aromatic rings. The molecule has 0 heterocycles. The molecule has 0 aliphatic heterocycles. The van der Waals surface area contributed by atoms with Gasteiger partial charge in [-0.25, -0.2) is 0 Å². The lowest BCUT2D eigenvalue weighted by atomic mass is 10.1. The maximum absolute atomic E-state index is 11.0. The van der Waals surface area contributed by atoms with Gasteiger partial charge in [0.25, 0.3) is 10.1 Å². The number of methoxy groups -OCH3 is 2. The Bertz CT molecular complexity index is 331. The molecule has 88 valence electrons. The first-order chi connectivity index (χ1) is 6.80. The summed E-state index contributed by atoms with van der Waals surface area (Å²) in [5, 5.41) is 0. The molecule has 0 spiro atoms. The normalized spacial score (nSPS) is 13.0. The monoisotopic (exact) mass is 240 g/mol. The van der Waals surface area contributed by atoms with Crippen LogP contribution in [0, 0.1) is 5.92 Å². The number of hydrogen-bond donors (Lipinski definition) is 1. The fourth-order valence-electron chi connectivity index (χ4n) is 0.916. The van der Waals surface area contributed by atoms with Gasteiger partial charge in [-0.15, -0.1) is 0 Å². The van der Waals surface area contributed by atoms with Crippen molar-refractivity contribution in [2.45, 2.75) is 6.42 Å². The van der Waals surface area contributed by atoms with Gasteiger partial charge in [0.2, 0.25) is 0 Å². The lowest BCUT2D eigenvalue weighted by molar-refractivity contribution is -0.151. The van der Waals surface area contributed by atoms with E-state index in [1.807, 2.05) is 0 Å². The van der Waals surface area contributed by atoms with Crippen molar-refractivity contribution in [1.82, 2.24) is 0 Å². The van der Waals surface area contributed by atoms with Crippen LogP contribution in [0.3, 0.4) is 0 Å². The van der Waals surface area contributed by atoms with Crippen LogP contribution in [0.15, 0.2) is 0 Å². The van der Waals surface area contributed by atoms with Gasteiger partial charge in [-0.2, -0.15) is 8.42 Å². The largest absolute Gasteiger partial charge is 0.469 e. The highest BCUT2D eigenvalue weighted by Gasteiger charge is 2.28. The van der Waals surface area contributed by atoms with Crippen LogP contribution in [0.2, 0.25) is 0 Å². The fourth-order valence-corrected chi connectivity index (χ4v) is 1.68. The van der Waals surface area contributed by atoms with Crippen LogP contribution in [0.5, 0.6) is 0 Å². The number of rotatable bonds is 5. The fraction of sp³-hybridized carbons (Fsp3) is 0.714. The van der Waals surface area contributed by atoms with Crippen LogP contribution in [0.4, 0.5) is 0 Å². The Morgan fingerprint density at radius 1 is 1.27 bits per heavy atom. The van der Waals surface area contributed by atoms with Gasteiger partial charge in [-0.05, 0) is 0 Å². The molecular weight excluding hydrogens is 228 g/mol. The third kappa shape index (κ3) is 6.02. The van der Waals surface area contributed by atoms with Crippen molar-refractivity contribution in [3.8, 4) is 0 Å². The molecule has 0 aromatic heterocycles. The Labute approximate surface area is 87.1 Å². The van der Waals surface area contributed by atoms with E-state index in [4.69, 9.17) is 4.55 Å². The molecule has 0 bridgehead atoms. The summed E-state index contributed by atoms with van der Waals surface area (Å²) in [6.07, 6.45) is -0.455. The van der Waals surface area contributed by atoms with Gasteiger partial charge in [0.05, 0.1) is 32.3 Å². The molecule has 0 rings (SSSR count). The zero-order valence-electron chi connectivity index (χ0n) is 8.30. The minimum absolute atomic E-state index is 0.455. The maximum Gasteiger partial charge on any atom is 0.310 e. The van der Waals surface area contributed by atoms with E-state index in [1.165, 1.54) is 0 Å². The van der Waals surface area contributed by atoms with E-state index in [1.54, 1.807) is 0 Å².